The molecule has 0 spiro atoms. The SMILES string of the molecule is CCc1cccc(CC)c1NC(=O)c1nn(C)c2c1CCCc1cnc(CCCc3ccc(N4CCN(CCO)CC4)cc3OC)nc1-2. The number of aliphatic hydroxyl groups excluding tert-OH is 1. The number of piperazine rings is 1. The molecule has 1 saturated heterocycles. The number of rotatable bonds is 12. The summed E-state index contributed by atoms with van der Waals surface area (Å²) in [4.78, 5) is 28.3. The van der Waals surface area contributed by atoms with Crippen LogP contribution in [0.25, 0.3) is 11.4 Å². The summed E-state index contributed by atoms with van der Waals surface area (Å²) in [5, 5.41) is 17.2. The highest BCUT2D eigenvalue weighted by molar-refractivity contribution is 6.05. The monoisotopic (exact) mass is 651 g/mol. The molecule has 1 amide bonds. The normalized spacial score (nSPS) is 14.7. The number of amides is 1. The van der Waals surface area contributed by atoms with Crippen molar-refractivity contribution in [2.75, 3.05) is 56.7 Å². The fourth-order valence-corrected chi connectivity index (χ4v) is 7.21. The molecule has 48 heavy (non-hydrogen) atoms. The molecule has 10 heteroatoms. The zero-order valence-electron chi connectivity index (χ0n) is 28.9. The molecule has 3 heterocycles. The summed E-state index contributed by atoms with van der Waals surface area (Å²) in [6.07, 6.45) is 8.68. The molecule has 2 aromatic carbocycles. The Hall–Kier alpha value is -4.28. The van der Waals surface area contributed by atoms with Gasteiger partial charge < -0.3 is 20.1 Å². The summed E-state index contributed by atoms with van der Waals surface area (Å²) in [6, 6.07) is 12.8. The molecular weight excluding hydrogens is 602 g/mol. The number of anilines is 2. The number of aliphatic hydroxyl groups is 1. The molecule has 1 aliphatic carbocycles. The van der Waals surface area contributed by atoms with E-state index in [9.17, 15) is 9.90 Å². The average Bonchev–Trinajstić information content (AvgIpc) is 3.32. The van der Waals surface area contributed by atoms with E-state index in [-0.39, 0.29) is 12.5 Å². The lowest BCUT2D eigenvalue weighted by Crippen LogP contribution is -2.47. The molecule has 254 valence electrons. The average molecular weight is 652 g/mol. The van der Waals surface area contributed by atoms with Crippen LogP contribution in [0.4, 0.5) is 11.4 Å². The van der Waals surface area contributed by atoms with Gasteiger partial charge >= 0.3 is 0 Å². The number of benzene rings is 2. The molecule has 2 aromatic heterocycles. The molecule has 0 unspecified atom stereocenters. The Balaban J connectivity index is 1.16. The van der Waals surface area contributed by atoms with Gasteiger partial charge in [0.25, 0.3) is 5.91 Å². The van der Waals surface area contributed by atoms with E-state index in [1.807, 2.05) is 17.9 Å². The molecule has 2 aliphatic rings. The van der Waals surface area contributed by atoms with Gasteiger partial charge in [-0.1, -0.05) is 38.1 Å². The summed E-state index contributed by atoms with van der Waals surface area (Å²) in [5.74, 6) is 1.55. The Morgan fingerprint density at radius 3 is 2.48 bits per heavy atom. The van der Waals surface area contributed by atoms with E-state index >= 15 is 0 Å². The van der Waals surface area contributed by atoms with Crippen molar-refractivity contribution < 1.29 is 14.6 Å². The summed E-state index contributed by atoms with van der Waals surface area (Å²) < 4.78 is 7.65. The zero-order chi connectivity index (χ0) is 33.6. The molecule has 2 N–H and O–H groups in total. The van der Waals surface area contributed by atoms with Crippen molar-refractivity contribution in [3.05, 3.63) is 81.9 Å². The first-order chi connectivity index (χ1) is 23.4. The van der Waals surface area contributed by atoms with Gasteiger partial charge in [0.15, 0.2) is 5.69 Å². The van der Waals surface area contributed by atoms with Crippen LogP contribution in [-0.4, -0.2) is 82.1 Å². The minimum Gasteiger partial charge on any atom is -0.496 e. The van der Waals surface area contributed by atoms with Crippen LogP contribution in [0.1, 0.15) is 70.8 Å². The maximum atomic E-state index is 13.8. The molecule has 0 radical (unpaired) electrons. The molecule has 1 fully saturated rings. The number of methoxy groups -OCH3 is 1. The smallest absolute Gasteiger partial charge is 0.276 e. The van der Waals surface area contributed by atoms with Crippen LogP contribution in [-0.2, 0) is 45.6 Å². The van der Waals surface area contributed by atoms with E-state index in [4.69, 9.17) is 19.8 Å². The zero-order valence-corrected chi connectivity index (χ0v) is 28.9. The number of aromatic nitrogens is 4. The number of carbonyl (C=O) groups is 1. The van der Waals surface area contributed by atoms with Crippen molar-refractivity contribution in [1.82, 2.24) is 24.6 Å². The summed E-state index contributed by atoms with van der Waals surface area (Å²) in [5.41, 5.74) is 9.89. The first-order valence-electron chi connectivity index (χ1n) is 17.5. The fourth-order valence-electron chi connectivity index (χ4n) is 7.21. The number of para-hydroxylation sites is 1. The van der Waals surface area contributed by atoms with E-state index < -0.39 is 0 Å². The lowest BCUT2D eigenvalue weighted by atomic mass is 10.0. The van der Waals surface area contributed by atoms with Gasteiger partial charge in [-0.25, -0.2) is 9.97 Å². The third-order valence-electron chi connectivity index (χ3n) is 9.88. The van der Waals surface area contributed by atoms with E-state index in [1.54, 1.807) is 7.11 Å². The lowest BCUT2D eigenvalue weighted by molar-refractivity contribution is 0.102. The molecule has 4 aromatic rings. The number of aryl methyl sites for hydroxylation is 6. The van der Waals surface area contributed by atoms with E-state index in [0.29, 0.717) is 5.69 Å². The van der Waals surface area contributed by atoms with Crippen LogP contribution in [0.2, 0.25) is 0 Å². The molecular formula is C38H49N7O3. The topological polar surface area (TPSA) is 109 Å². The molecule has 10 nitrogen and oxygen atoms in total. The Morgan fingerprint density at radius 2 is 1.77 bits per heavy atom. The summed E-state index contributed by atoms with van der Waals surface area (Å²) in [6.45, 7) is 8.95. The Bertz CT molecular complexity index is 1720. The van der Waals surface area contributed by atoms with Crippen molar-refractivity contribution in [2.45, 2.75) is 65.2 Å². The van der Waals surface area contributed by atoms with Crippen molar-refractivity contribution in [3.63, 3.8) is 0 Å². The number of carbonyl (C=O) groups excluding carboxylic acids is 1. The predicted molar refractivity (Wildman–Crippen MR) is 190 cm³/mol. The Labute approximate surface area is 284 Å². The molecule has 0 bridgehead atoms. The minimum atomic E-state index is -0.163. The highest BCUT2D eigenvalue weighted by Gasteiger charge is 2.28. The van der Waals surface area contributed by atoms with Gasteiger partial charge in [0.1, 0.15) is 11.6 Å². The van der Waals surface area contributed by atoms with Crippen LogP contribution < -0.4 is 15.0 Å². The number of hydrogen-bond acceptors (Lipinski definition) is 8. The number of nitrogens with one attached hydrogen (secondary N) is 1. The first-order valence-corrected chi connectivity index (χ1v) is 17.5. The largest absolute Gasteiger partial charge is 0.496 e. The van der Waals surface area contributed by atoms with E-state index in [1.165, 1.54) is 11.3 Å². The molecule has 1 aliphatic heterocycles. The number of nitrogens with zero attached hydrogens (tertiary/aromatic N) is 6. The van der Waals surface area contributed by atoms with Crippen LogP contribution >= 0.6 is 0 Å². The second-order valence-electron chi connectivity index (χ2n) is 12.8. The van der Waals surface area contributed by atoms with Gasteiger partial charge in [-0.05, 0) is 73.3 Å². The van der Waals surface area contributed by atoms with Crippen LogP contribution in [0, 0.1) is 0 Å². The number of β-amino-alcohol motifs (C(OH)–C–C–N with tert-alkyl or cyclic N) is 1. The van der Waals surface area contributed by atoms with Crippen LogP contribution in [0.5, 0.6) is 5.75 Å². The predicted octanol–water partition coefficient (Wildman–Crippen LogP) is 5.04. The van der Waals surface area contributed by atoms with Gasteiger partial charge in [-0.3, -0.25) is 14.4 Å². The van der Waals surface area contributed by atoms with Crippen LogP contribution in [0.15, 0.2) is 42.6 Å². The van der Waals surface area contributed by atoms with Gasteiger partial charge in [0, 0.05) is 75.4 Å². The minimum absolute atomic E-state index is 0.163. The summed E-state index contributed by atoms with van der Waals surface area (Å²) >= 11 is 0. The Kier molecular flexibility index (Phi) is 10.7. The lowest BCUT2D eigenvalue weighted by Gasteiger charge is -2.36. The summed E-state index contributed by atoms with van der Waals surface area (Å²) in [7, 11) is 3.65. The number of ether oxygens (including phenoxy) is 1. The molecule has 0 atom stereocenters. The first kappa shape index (κ1) is 33.6. The second-order valence-corrected chi connectivity index (χ2v) is 12.8. The Morgan fingerprint density at radius 1 is 1.00 bits per heavy atom. The quantitative estimate of drug-likeness (QED) is 0.219. The van der Waals surface area contributed by atoms with Crippen molar-refractivity contribution in [3.8, 4) is 17.1 Å². The van der Waals surface area contributed by atoms with Crippen LogP contribution in [0.3, 0.4) is 0 Å². The number of fused-ring (bicyclic) bond motifs is 3. The van der Waals surface area contributed by atoms with Crippen molar-refractivity contribution in [2.24, 2.45) is 7.05 Å². The molecule has 6 rings (SSSR count). The highest BCUT2D eigenvalue weighted by Crippen LogP contribution is 2.34. The maximum absolute atomic E-state index is 13.8. The third kappa shape index (κ3) is 7.10. The van der Waals surface area contributed by atoms with E-state index in [0.717, 1.165) is 135 Å². The van der Waals surface area contributed by atoms with Gasteiger partial charge in [-0.15, -0.1) is 0 Å². The standard InChI is InChI=1S/C38H49N7O3/c1-5-26-10-7-11-27(6-2)34(26)41-38(47)36-31-14-8-13-29-25-39-33(40-35(29)37(31)43(3)42-36)15-9-12-28-16-17-30(24-32(28)48-4)45-20-18-44(19-21-45)22-23-46/h7,10-11,16-17,24-25,46H,5-6,8-9,12-15,18-23H2,1-4H3,(H,41,47). The van der Waals surface area contributed by atoms with Gasteiger partial charge in [0.2, 0.25) is 0 Å². The van der Waals surface area contributed by atoms with Gasteiger partial charge in [-0.2, -0.15) is 5.10 Å². The number of hydrogen-bond donors (Lipinski definition) is 2. The highest BCUT2D eigenvalue weighted by atomic mass is 16.5. The van der Waals surface area contributed by atoms with Crippen molar-refractivity contribution in [1.29, 1.82) is 0 Å². The van der Waals surface area contributed by atoms with Gasteiger partial charge in [0.05, 0.1) is 25.1 Å². The van der Waals surface area contributed by atoms with Crippen molar-refractivity contribution >= 4 is 17.3 Å². The second kappa shape index (κ2) is 15.3. The van der Waals surface area contributed by atoms with E-state index in [2.05, 4.69) is 65.4 Å². The fraction of sp³-hybridized carbons (Fsp3) is 0.474. The molecule has 0 saturated carbocycles. The third-order valence-corrected chi connectivity index (χ3v) is 9.88. The maximum Gasteiger partial charge on any atom is 0.276 e.